The first-order valence-corrected chi connectivity index (χ1v) is 9.08. The number of sulfonamides is 1. The van der Waals surface area contributed by atoms with Crippen molar-refractivity contribution in [1.82, 2.24) is 4.31 Å². The fourth-order valence-corrected chi connectivity index (χ4v) is 4.10. The Balaban J connectivity index is 1.97. The van der Waals surface area contributed by atoms with Crippen LogP contribution in [0.15, 0.2) is 77.7 Å². The van der Waals surface area contributed by atoms with Crippen molar-refractivity contribution >= 4 is 20.8 Å². The normalized spacial score (nSPS) is 11.9. The molecule has 0 aliphatic carbocycles. The zero-order valence-electron chi connectivity index (χ0n) is 13.0. The summed E-state index contributed by atoms with van der Waals surface area (Å²) in [6.07, 6.45) is 0. The van der Waals surface area contributed by atoms with E-state index in [-0.39, 0.29) is 0 Å². The maximum Gasteiger partial charge on any atom is 0.243 e. The average molecular weight is 325 g/mol. The van der Waals surface area contributed by atoms with E-state index in [1.807, 2.05) is 67.6 Å². The molecule has 3 nitrogen and oxygen atoms in total. The van der Waals surface area contributed by atoms with Gasteiger partial charge in [0.2, 0.25) is 10.0 Å². The molecule has 0 aliphatic heterocycles. The highest BCUT2D eigenvalue weighted by Crippen LogP contribution is 2.23. The molecule has 0 saturated heterocycles. The Morgan fingerprint density at radius 1 is 0.826 bits per heavy atom. The van der Waals surface area contributed by atoms with Crippen LogP contribution < -0.4 is 0 Å². The van der Waals surface area contributed by atoms with Crippen molar-refractivity contribution in [2.24, 2.45) is 0 Å². The van der Waals surface area contributed by atoms with E-state index in [1.54, 1.807) is 12.1 Å². The second kappa shape index (κ2) is 6.52. The van der Waals surface area contributed by atoms with Crippen molar-refractivity contribution in [3.63, 3.8) is 0 Å². The van der Waals surface area contributed by atoms with Crippen LogP contribution in [0, 0.1) is 0 Å². The van der Waals surface area contributed by atoms with E-state index in [0.29, 0.717) is 18.0 Å². The molecule has 0 aromatic heterocycles. The lowest BCUT2D eigenvalue weighted by molar-refractivity contribution is 0.423. The largest absolute Gasteiger partial charge is 0.243 e. The van der Waals surface area contributed by atoms with Crippen LogP contribution in [0.2, 0.25) is 0 Å². The summed E-state index contributed by atoms with van der Waals surface area (Å²) >= 11 is 0. The highest BCUT2D eigenvalue weighted by molar-refractivity contribution is 7.89. The van der Waals surface area contributed by atoms with E-state index < -0.39 is 10.0 Å². The van der Waals surface area contributed by atoms with Gasteiger partial charge in [-0.1, -0.05) is 67.6 Å². The van der Waals surface area contributed by atoms with Crippen molar-refractivity contribution in [2.75, 3.05) is 6.54 Å². The molecule has 0 spiro atoms. The molecule has 3 rings (SSSR count). The predicted octanol–water partition coefficient (Wildman–Crippen LogP) is 4.05. The fourth-order valence-electron chi connectivity index (χ4n) is 2.63. The van der Waals surface area contributed by atoms with Crippen molar-refractivity contribution < 1.29 is 8.42 Å². The number of nitrogens with zero attached hydrogens (tertiary/aromatic N) is 1. The van der Waals surface area contributed by atoms with Crippen LogP contribution >= 0.6 is 0 Å². The number of hydrogen-bond donors (Lipinski definition) is 0. The van der Waals surface area contributed by atoms with Gasteiger partial charge >= 0.3 is 0 Å². The third-order valence-electron chi connectivity index (χ3n) is 3.91. The number of benzene rings is 3. The van der Waals surface area contributed by atoms with Crippen LogP contribution in [0.25, 0.3) is 10.8 Å². The van der Waals surface area contributed by atoms with E-state index in [2.05, 4.69) is 0 Å². The maximum absolute atomic E-state index is 12.9. The highest BCUT2D eigenvalue weighted by Gasteiger charge is 2.23. The molecule has 4 heteroatoms. The van der Waals surface area contributed by atoms with E-state index in [9.17, 15) is 8.42 Å². The Kier molecular flexibility index (Phi) is 4.46. The summed E-state index contributed by atoms with van der Waals surface area (Å²) in [4.78, 5) is 0.342. The van der Waals surface area contributed by atoms with Gasteiger partial charge in [0.05, 0.1) is 4.90 Å². The summed E-state index contributed by atoms with van der Waals surface area (Å²) in [6, 6.07) is 22.7. The van der Waals surface area contributed by atoms with E-state index in [4.69, 9.17) is 0 Å². The SMILES string of the molecule is CCN(Cc1ccccc1)S(=O)(=O)c1ccc2ccccc2c1. The molecule has 0 N–H and O–H groups in total. The molecule has 118 valence electrons. The Morgan fingerprint density at radius 2 is 1.48 bits per heavy atom. The summed E-state index contributed by atoms with van der Waals surface area (Å²) in [5, 5.41) is 1.97. The van der Waals surface area contributed by atoms with Crippen LogP contribution in [0.4, 0.5) is 0 Å². The molecular formula is C19H19NO2S. The van der Waals surface area contributed by atoms with Gasteiger partial charge in [-0.05, 0) is 28.5 Å². The Labute approximate surface area is 137 Å². The Morgan fingerprint density at radius 3 is 2.17 bits per heavy atom. The minimum Gasteiger partial charge on any atom is -0.207 e. The van der Waals surface area contributed by atoms with Crippen LogP contribution in [0.1, 0.15) is 12.5 Å². The monoisotopic (exact) mass is 325 g/mol. The lowest BCUT2D eigenvalue weighted by atomic mass is 10.1. The van der Waals surface area contributed by atoms with E-state index in [0.717, 1.165) is 16.3 Å². The third kappa shape index (κ3) is 3.28. The Bertz CT molecular complexity index is 905. The topological polar surface area (TPSA) is 37.4 Å². The summed E-state index contributed by atoms with van der Waals surface area (Å²) in [5.41, 5.74) is 0.985. The van der Waals surface area contributed by atoms with Gasteiger partial charge in [0.15, 0.2) is 0 Å². The molecule has 0 unspecified atom stereocenters. The number of rotatable bonds is 5. The highest BCUT2D eigenvalue weighted by atomic mass is 32.2. The van der Waals surface area contributed by atoms with Crippen molar-refractivity contribution in [3.8, 4) is 0 Å². The summed E-state index contributed by atoms with van der Waals surface area (Å²) < 4.78 is 27.4. The maximum atomic E-state index is 12.9. The van der Waals surface area contributed by atoms with Gasteiger partial charge in [0.25, 0.3) is 0 Å². The second-order valence-corrected chi connectivity index (χ2v) is 7.36. The molecule has 3 aromatic rings. The molecule has 0 amide bonds. The Hall–Kier alpha value is -2.17. The molecular weight excluding hydrogens is 306 g/mol. The third-order valence-corrected chi connectivity index (χ3v) is 5.83. The molecule has 0 fully saturated rings. The molecule has 0 atom stereocenters. The second-order valence-electron chi connectivity index (χ2n) is 5.43. The van der Waals surface area contributed by atoms with Gasteiger partial charge < -0.3 is 0 Å². The fraction of sp³-hybridized carbons (Fsp3) is 0.158. The summed E-state index contributed by atoms with van der Waals surface area (Å²) in [5.74, 6) is 0. The van der Waals surface area contributed by atoms with Crippen molar-refractivity contribution in [3.05, 3.63) is 78.4 Å². The molecule has 0 bridgehead atoms. The van der Waals surface area contributed by atoms with Crippen molar-refractivity contribution in [1.29, 1.82) is 0 Å². The molecule has 0 aliphatic rings. The van der Waals surface area contributed by atoms with Crippen LogP contribution in [-0.4, -0.2) is 19.3 Å². The van der Waals surface area contributed by atoms with Gasteiger partial charge in [-0.2, -0.15) is 4.31 Å². The zero-order chi connectivity index (χ0) is 16.3. The lowest BCUT2D eigenvalue weighted by Crippen LogP contribution is -2.30. The van der Waals surface area contributed by atoms with Crippen LogP contribution in [-0.2, 0) is 16.6 Å². The molecule has 0 heterocycles. The standard InChI is InChI=1S/C19H19NO2S/c1-2-20(15-16-8-4-3-5-9-16)23(21,22)19-13-12-17-10-6-7-11-18(17)14-19/h3-14H,2,15H2,1H3. The van der Waals surface area contributed by atoms with Gasteiger partial charge in [-0.3, -0.25) is 0 Å². The van der Waals surface area contributed by atoms with E-state index >= 15 is 0 Å². The number of hydrogen-bond acceptors (Lipinski definition) is 2. The summed E-state index contributed by atoms with van der Waals surface area (Å²) in [6.45, 7) is 2.68. The molecule has 23 heavy (non-hydrogen) atoms. The smallest absolute Gasteiger partial charge is 0.207 e. The van der Waals surface area contributed by atoms with E-state index in [1.165, 1.54) is 4.31 Å². The first-order valence-electron chi connectivity index (χ1n) is 7.64. The quantitative estimate of drug-likeness (QED) is 0.709. The van der Waals surface area contributed by atoms with Crippen LogP contribution in [0.5, 0.6) is 0 Å². The van der Waals surface area contributed by atoms with Gasteiger partial charge in [-0.25, -0.2) is 8.42 Å². The predicted molar refractivity (Wildman–Crippen MR) is 93.7 cm³/mol. The van der Waals surface area contributed by atoms with Gasteiger partial charge in [0.1, 0.15) is 0 Å². The first kappa shape index (κ1) is 15.7. The van der Waals surface area contributed by atoms with Crippen molar-refractivity contribution in [2.45, 2.75) is 18.4 Å². The minimum atomic E-state index is -3.51. The minimum absolute atomic E-state index is 0.342. The first-order chi connectivity index (χ1) is 11.1. The van der Waals surface area contributed by atoms with Gasteiger partial charge in [-0.15, -0.1) is 0 Å². The number of fused-ring (bicyclic) bond motifs is 1. The average Bonchev–Trinajstić information content (AvgIpc) is 2.60. The molecule has 0 saturated carbocycles. The zero-order valence-corrected chi connectivity index (χ0v) is 13.8. The lowest BCUT2D eigenvalue weighted by Gasteiger charge is -2.21. The molecule has 3 aromatic carbocycles. The summed E-state index contributed by atoms with van der Waals surface area (Å²) in [7, 11) is -3.51. The van der Waals surface area contributed by atoms with Gasteiger partial charge in [0, 0.05) is 13.1 Å². The molecule has 0 radical (unpaired) electrons. The van der Waals surface area contributed by atoms with Crippen LogP contribution in [0.3, 0.4) is 0 Å².